The van der Waals surface area contributed by atoms with Crippen molar-refractivity contribution in [3.05, 3.63) is 200 Å². The Hall–Kier alpha value is -7.76. The summed E-state index contributed by atoms with van der Waals surface area (Å²) in [5.74, 6) is 0.816. The van der Waals surface area contributed by atoms with E-state index in [1.165, 1.54) is 49.0 Å². The maximum absolute atomic E-state index is 5.24. The van der Waals surface area contributed by atoms with Gasteiger partial charge in [0.25, 0.3) is 0 Å². The molecule has 5 nitrogen and oxygen atoms in total. The molecule has 0 spiro atoms. The van der Waals surface area contributed by atoms with E-state index in [4.69, 9.17) is 9.97 Å². The number of hydrogen-bond donors (Lipinski definition) is 0. The summed E-state index contributed by atoms with van der Waals surface area (Å²) in [5.41, 5.74) is 11.8. The second kappa shape index (κ2) is 13.5. The maximum Gasteiger partial charge on any atom is 0.145 e. The molecule has 0 amide bonds. The molecule has 11 aromatic rings. The van der Waals surface area contributed by atoms with E-state index in [0.29, 0.717) is 0 Å². The molecule has 0 bridgehead atoms. The summed E-state index contributed by atoms with van der Waals surface area (Å²) >= 11 is 0. The van der Waals surface area contributed by atoms with E-state index >= 15 is 0 Å². The third-order valence-electron chi connectivity index (χ3n) is 10.9. The average molecular weight is 728 g/mol. The van der Waals surface area contributed by atoms with Gasteiger partial charge in [0.2, 0.25) is 0 Å². The minimum absolute atomic E-state index is 0.758. The second-order valence-electron chi connectivity index (χ2n) is 14.3. The van der Waals surface area contributed by atoms with Crippen LogP contribution in [-0.2, 0) is 0 Å². The molecule has 4 heterocycles. The molecular formula is C52H33N5. The van der Waals surface area contributed by atoms with Crippen LogP contribution in [-0.4, -0.2) is 24.5 Å². The summed E-state index contributed by atoms with van der Waals surface area (Å²) in [6.07, 6.45) is 3.59. The van der Waals surface area contributed by atoms with Crippen LogP contribution in [0.25, 0.3) is 105 Å². The Morgan fingerprint density at radius 1 is 0.351 bits per heavy atom. The highest BCUT2D eigenvalue weighted by molar-refractivity contribution is 6.21. The predicted octanol–water partition coefficient (Wildman–Crippen LogP) is 13.0. The molecule has 0 N–H and O–H groups in total. The fourth-order valence-corrected chi connectivity index (χ4v) is 8.30. The normalized spacial score (nSPS) is 11.5. The number of aromatic nitrogens is 5. The zero-order chi connectivity index (χ0) is 37.7. The Bertz CT molecular complexity index is 3160. The highest BCUT2D eigenvalue weighted by Crippen LogP contribution is 2.44. The minimum atomic E-state index is 0.758. The predicted molar refractivity (Wildman–Crippen MR) is 234 cm³/mol. The van der Waals surface area contributed by atoms with Crippen molar-refractivity contribution in [3.8, 4) is 62.1 Å². The molecule has 5 heteroatoms. The van der Waals surface area contributed by atoms with Gasteiger partial charge in [-0.25, -0.2) is 9.97 Å². The van der Waals surface area contributed by atoms with Gasteiger partial charge in [-0.1, -0.05) is 121 Å². The Kier molecular flexibility index (Phi) is 7.74. The summed E-state index contributed by atoms with van der Waals surface area (Å²) in [7, 11) is 0. The van der Waals surface area contributed by atoms with Gasteiger partial charge in [0.05, 0.1) is 33.8 Å². The summed E-state index contributed by atoms with van der Waals surface area (Å²) < 4.78 is 2.25. The maximum atomic E-state index is 5.24. The smallest absolute Gasteiger partial charge is 0.145 e. The van der Waals surface area contributed by atoms with Crippen LogP contribution in [0.3, 0.4) is 0 Å². The highest BCUT2D eigenvalue weighted by Gasteiger charge is 2.20. The van der Waals surface area contributed by atoms with Crippen molar-refractivity contribution in [1.82, 2.24) is 24.5 Å². The van der Waals surface area contributed by atoms with E-state index in [2.05, 4.69) is 160 Å². The third kappa shape index (κ3) is 5.64. The first-order valence-corrected chi connectivity index (χ1v) is 19.1. The number of benzene rings is 7. The number of nitrogens with zero attached hydrogens (tertiary/aromatic N) is 5. The van der Waals surface area contributed by atoms with Crippen LogP contribution in [0.15, 0.2) is 200 Å². The van der Waals surface area contributed by atoms with Crippen molar-refractivity contribution in [1.29, 1.82) is 0 Å². The number of rotatable bonds is 6. The zero-order valence-electron chi connectivity index (χ0n) is 30.8. The molecule has 0 saturated carbocycles. The first-order chi connectivity index (χ1) is 28.3. The van der Waals surface area contributed by atoms with Gasteiger partial charge in [-0.05, 0) is 121 Å². The van der Waals surface area contributed by atoms with Gasteiger partial charge < -0.3 is 0 Å². The van der Waals surface area contributed by atoms with Crippen LogP contribution in [0.1, 0.15) is 0 Å². The Morgan fingerprint density at radius 3 is 1.49 bits per heavy atom. The molecule has 266 valence electrons. The van der Waals surface area contributed by atoms with Gasteiger partial charge in [0.15, 0.2) is 0 Å². The average Bonchev–Trinajstić information content (AvgIpc) is 3.68. The van der Waals surface area contributed by atoms with Crippen molar-refractivity contribution in [3.63, 3.8) is 0 Å². The number of imidazole rings is 1. The third-order valence-corrected chi connectivity index (χ3v) is 10.9. The van der Waals surface area contributed by atoms with Crippen molar-refractivity contribution < 1.29 is 0 Å². The molecule has 4 aromatic heterocycles. The highest BCUT2D eigenvalue weighted by atomic mass is 15.1. The van der Waals surface area contributed by atoms with Gasteiger partial charge in [-0.3, -0.25) is 14.5 Å². The SMILES string of the molecule is c1ccc(-c2cc(-c3nc4ccccc4n3-c3ccc(-c4c5ccccc5c(-c5ccc6ccccc6c5)c5ccccc45)cc3)cc(-c3ccccn3)n2)nc1. The molecular weight excluding hydrogens is 695 g/mol. The fourth-order valence-electron chi connectivity index (χ4n) is 8.30. The van der Waals surface area contributed by atoms with E-state index < -0.39 is 0 Å². The fraction of sp³-hybridized carbons (Fsp3) is 0. The van der Waals surface area contributed by atoms with Crippen molar-refractivity contribution in [2.75, 3.05) is 0 Å². The first kappa shape index (κ1) is 32.7. The van der Waals surface area contributed by atoms with E-state index in [9.17, 15) is 0 Å². The summed E-state index contributed by atoms with van der Waals surface area (Å²) in [6, 6.07) is 66.2. The Labute approximate surface area is 329 Å². The van der Waals surface area contributed by atoms with E-state index in [0.717, 1.165) is 56.4 Å². The van der Waals surface area contributed by atoms with Gasteiger partial charge in [0.1, 0.15) is 5.82 Å². The standard InChI is InChI=1S/C52H33N5/c1-2-14-36-31-37(24-23-34(36)13-1)51-42-17-5-3-15-40(42)50(41-16-4-6-18-43(41)51)35-25-27-39(28-26-35)57-49-22-8-7-21-46(49)56-52(57)38-32-47(44-19-9-11-29-53-44)55-48(33-38)45-20-10-12-30-54-45/h1-33H. The first-order valence-electron chi connectivity index (χ1n) is 19.1. The van der Waals surface area contributed by atoms with E-state index in [1.54, 1.807) is 12.4 Å². The van der Waals surface area contributed by atoms with Gasteiger partial charge in [-0.15, -0.1) is 0 Å². The quantitative estimate of drug-likeness (QED) is 0.160. The molecule has 7 aromatic carbocycles. The lowest BCUT2D eigenvalue weighted by Crippen LogP contribution is -2.00. The largest absolute Gasteiger partial charge is 0.292 e. The summed E-state index contributed by atoms with van der Waals surface area (Å²) in [5, 5.41) is 7.40. The van der Waals surface area contributed by atoms with Crippen LogP contribution in [0, 0.1) is 0 Å². The van der Waals surface area contributed by atoms with Gasteiger partial charge in [-0.2, -0.15) is 0 Å². The number of hydrogen-bond acceptors (Lipinski definition) is 4. The van der Waals surface area contributed by atoms with Gasteiger partial charge >= 0.3 is 0 Å². The summed E-state index contributed by atoms with van der Waals surface area (Å²) in [6.45, 7) is 0. The summed E-state index contributed by atoms with van der Waals surface area (Å²) in [4.78, 5) is 19.6. The Balaban J connectivity index is 1.09. The van der Waals surface area contributed by atoms with Crippen LogP contribution in [0.2, 0.25) is 0 Å². The Morgan fingerprint density at radius 2 is 0.877 bits per heavy atom. The molecule has 0 unspecified atom stereocenters. The van der Waals surface area contributed by atoms with Crippen molar-refractivity contribution >= 4 is 43.4 Å². The topological polar surface area (TPSA) is 56.5 Å². The van der Waals surface area contributed by atoms with Crippen LogP contribution < -0.4 is 0 Å². The van der Waals surface area contributed by atoms with Crippen LogP contribution in [0.5, 0.6) is 0 Å². The molecule has 0 aliphatic carbocycles. The van der Waals surface area contributed by atoms with Crippen LogP contribution in [0.4, 0.5) is 0 Å². The monoisotopic (exact) mass is 727 g/mol. The lowest BCUT2D eigenvalue weighted by molar-refractivity contribution is 1.10. The molecule has 0 saturated heterocycles. The van der Waals surface area contributed by atoms with Crippen LogP contribution >= 0.6 is 0 Å². The van der Waals surface area contributed by atoms with Gasteiger partial charge in [0, 0.05) is 23.6 Å². The number of para-hydroxylation sites is 2. The molecule has 0 aliphatic heterocycles. The van der Waals surface area contributed by atoms with Crippen molar-refractivity contribution in [2.24, 2.45) is 0 Å². The van der Waals surface area contributed by atoms with E-state index in [1.807, 2.05) is 42.5 Å². The zero-order valence-corrected chi connectivity index (χ0v) is 30.8. The number of fused-ring (bicyclic) bond motifs is 4. The minimum Gasteiger partial charge on any atom is -0.292 e. The van der Waals surface area contributed by atoms with Crippen molar-refractivity contribution in [2.45, 2.75) is 0 Å². The lowest BCUT2D eigenvalue weighted by atomic mass is 9.85. The number of pyridine rings is 3. The lowest BCUT2D eigenvalue weighted by Gasteiger charge is -2.18. The molecule has 0 fully saturated rings. The van der Waals surface area contributed by atoms with E-state index in [-0.39, 0.29) is 0 Å². The molecule has 57 heavy (non-hydrogen) atoms. The molecule has 0 atom stereocenters. The second-order valence-corrected chi connectivity index (χ2v) is 14.3. The molecule has 0 aliphatic rings. The molecule has 11 rings (SSSR count). The molecule has 0 radical (unpaired) electrons.